The van der Waals surface area contributed by atoms with E-state index in [4.69, 9.17) is 0 Å². The first-order valence-corrected chi connectivity index (χ1v) is 7.86. The number of rotatable bonds is 6. The monoisotopic (exact) mass is 329 g/mol. The third-order valence-electron chi connectivity index (χ3n) is 3.71. The van der Waals surface area contributed by atoms with Gasteiger partial charge in [0.05, 0.1) is 18.3 Å². The van der Waals surface area contributed by atoms with Gasteiger partial charge >= 0.3 is 0 Å². The number of hydrogen-bond acceptors (Lipinski definition) is 3. The Kier molecular flexibility index (Phi) is 6.69. The third kappa shape index (κ3) is 5.31. The summed E-state index contributed by atoms with van der Waals surface area (Å²) < 4.78 is 13.5. The lowest BCUT2D eigenvalue weighted by Gasteiger charge is -2.26. The normalized spacial score (nSPS) is 13.0. The number of pyridine rings is 1. The Bertz CT molecular complexity index is 657. The molecule has 6 heteroatoms. The Hall–Kier alpha value is -2.47. The number of nitrogens with zero attached hydrogens (tertiary/aromatic N) is 3. The molecule has 0 aliphatic rings. The van der Waals surface area contributed by atoms with Gasteiger partial charge in [0.1, 0.15) is 5.82 Å². The van der Waals surface area contributed by atoms with Crippen LogP contribution >= 0.6 is 0 Å². The molecule has 1 unspecified atom stereocenters. The van der Waals surface area contributed by atoms with Crippen molar-refractivity contribution < 1.29 is 4.39 Å². The van der Waals surface area contributed by atoms with E-state index in [-0.39, 0.29) is 11.9 Å². The maximum atomic E-state index is 13.5. The van der Waals surface area contributed by atoms with E-state index in [0.29, 0.717) is 19.0 Å². The first-order chi connectivity index (χ1) is 11.6. The predicted molar refractivity (Wildman–Crippen MR) is 95.3 cm³/mol. The minimum Gasteiger partial charge on any atom is -0.354 e. The van der Waals surface area contributed by atoms with Gasteiger partial charge in [0, 0.05) is 19.8 Å². The van der Waals surface area contributed by atoms with Crippen molar-refractivity contribution in [1.29, 1.82) is 0 Å². The molecule has 0 amide bonds. The third-order valence-corrected chi connectivity index (χ3v) is 3.71. The maximum Gasteiger partial charge on any atom is 0.191 e. The molecule has 24 heavy (non-hydrogen) atoms. The zero-order valence-electron chi connectivity index (χ0n) is 14.3. The average Bonchev–Trinajstić information content (AvgIpc) is 2.58. The zero-order chi connectivity index (χ0) is 17.4. The fourth-order valence-electron chi connectivity index (χ4n) is 2.40. The Morgan fingerprint density at radius 1 is 1.21 bits per heavy atom. The van der Waals surface area contributed by atoms with Crippen LogP contribution in [-0.2, 0) is 6.54 Å². The largest absolute Gasteiger partial charge is 0.354 e. The maximum absolute atomic E-state index is 13.5. The van der Waals surface area contributed by atoms with Crippen molar-refractivity contribution in [2.75, 3.05) is 27.7 Å². The van der Waals surface area contributed by atoms with Gasteiger partial charge in [-0.1, -0.05) is 18.2 Å². The fraction of sp³-hybridized carbons (Fsp3) is 0.333. The Labute approximate surface area is 142 Å². The number of nitrogens with one attached hydrogen (secondary N) is 2. The molecule has 1 atom stereocenters. The summed E-state index contributed by atoms with van der Waals surface area (Å²) >= 11 is 0. The minimum atomic E-state index is -0.225. The number of guanidine groups is 1. The van der Waals surface area contributed by atoms with E-state index in [0.717, 1.165) is 11.3 Å². The Balaban J connectivity index is 1.94. The second-order valence-electron chi connectivity index (χ2n) is 5.66. The molecule has 1 aromatic carbocycles. The lowest BCUT2D eigenvalue weighted by atomic mass is 10.1. The predicted octanol–water partition coefficient (Wildman–Crippen LogP) is 2.19. The highest BCUT2D eigenvalue weighted by Crippen LogP contribution is 2.18. The molecule has 5 nitrogen and oxygen atoms in total. The van der Waals surface area contributed by atoms with Crippen molar-refractivity contribution in [1.82, 2.24) is 20.5 Å². The van der Waals surface area contributed by atoms with Crippen LogP contribution in [0.2, 0.25) is 0 Å². The van der Waals surface area contributed by atoms with Gasteiger partial charge in [-0.3, -0.25) is 9.98 Å². The molecule has 0 aliphatic carbocycles. The van der Waals surface area contributed by atoms with Gasteiger partial charge in [-0.25, -0.2) is 4.39 Å². The molecule has 0 saturated heterocycles. The molecule has 128 valence electrons. The van der Waals surface area contributed by atoms with Crippen molar-refractivity contribution in [2.45, 2.75) is 12.6 Å². The second kappa shape index (κ2) is 8.98. The highest BCUT2D eigenvalue weighted by atomic mass is 19.1. The Morgan fingerprint density at radius 3 is 2.67 bits per heavy atom. The molecule has 0 saturated carbocycles. The molecule has 0 aliphatic heterocycles. The van der Waals surface area contributed by atoms with Gasteiger partial charge in [-0.15, -0.1) is 0 Å². The topological polar surface area (TPSA) is 52.6 Å². The molecule has 0 spiro atoms. The molecule has 2 N–H and O–H groups in total. The molecular formula is C18H24FN5. The van der Waals surface area contributed by atoms with E-state index in [9.17, 15) is 4.39 Å². The zero-order valence-corrected chi connectivity index (χ0v) is 14.3. The molecule has 1 aromatic heterocycles. The van der Waals surface area contributed by atoms with E-state index >= 15 is 0 Å². The van der Waals surface area contributed by atoms with E-state index in [1.54, 1.807) is 25.4 Å². The van der Waals surface area contributed by atoms with Gasteiger partial charge in [0.2, 0.25) is 0 Å². The fourth-order valence-corrected chi connectivity index (χ4v) is 2.40. The number of aliphatic imine (C=N–C) groups is 1. The first-order valence-electron chi connectivity index (χ1n) is 7.86. The van der Waals surface area contributed by atoms with E-state index in [2.05, 4.69) is 20.6 Å². The van der Waals surface area contributed by atoms with Gasteiger partial charge in [-0.2, -0.15) is 0 Å². The molecular weight excluding hydrogens is 305 g/mol. The van der Waals surface area contributed by atoms with Crippen LogP contribution in [0.4, 0.5) is 4.39 Å². The lowest BCUT2D eigenvalue weighted by Crippen LogP contribution is -2.41. The average molecular weight is 329 g/mol. The van der Waals surface area contributed by atoms with Crippen LogP contribution in [0.25, 0.3) is 0 Å². The van der Waals surface area contributed by atoms with E-state index < -0.39 is 0 Å². The van der Waals surface area contributed by atoms with Crippen molar-refractivity contribution in [3.05, 3.63) is 65.7 Å². The summed E-state index contributed by atoms with van der Waals surface area (Å²) in [5.74, 6) is 0.459. The van der Waals surface area contributed by atoms with Crippen LogP contribution < -0.4 is 10.6 Å². The number of likely N-dealkylation sites (N-methyl/N-ethyl adjacent to an activating group) is 1. The minimum absolute atomic E-state index is 0.0362. The lowest BCUT2D eigenvalue weighted by molar-refractivity contribution is 0.297. The summed E-state index contributed by atoms with van der Waals surface area (Å²) in [4.78, 5) is 10.5. The molecule has 2 rings (SSSR count). The molecule has 0 radical (unpaired) electrons. The highest BCUT2D eigenvalue weighted by Gasteiger charge is 2.15. The summed E-state index contributed by atoms with van der Waals surface area (Å²) in [5.41, 5.74) is 1.86. The summed E-state index contributed by atoms with van der Waals surface area (Å²) in [5, 5.41) is 6.51. The van der Waals surface area contributed by atoms with E-state index in [1.165, 1.54) is 6.07 Å². The van der Waals surface area contributed by atoms with Crippen molar-refractivity contribution >= 4 is 5.96 Å². The quantitative estimate of drug-likeness (QED) is 0.630. The summed E-state index contributed by atoms with van der Waals surface area (Å²) in [6.07, 6.45) is 1.76. The standard InChI is InChI=1S/C18H24FN5/c1-20-18(22-12-16-9-4-5-10-21-16)23-13-17(24(2)3)14-7-6-8-15(19)11-14/h4-11,17H,12-13H2,1-3H3,(H2,20,22,23). The number of aromatic nitrogens is 1. The van der Waals surface area contributed by atoms with Gasteiger partial charge < -0.3 is 15.5 Å². The van der Waals surface area contributed by atoms with Crippen molar-refractivity contribution in [3.63, 3.8) is 0 Å². The van der Waals surface area contributed by atoms with Crippen LogP contribution in [0.1, 0.15) is 17.3 Å². The molecule has 0 bridgehead atoms. The molecule has 0 fully saturated rings. The smallest absolute Gasteiger partial charge is 0.191 e. The molecule has 1 heterocycles. The van der Waals surface area contributed by atoms with E-state index in [1.807, 2.05) is 43.3 Å². The summed E-state index contributed by atoms with van der Waals surface area (Å²) in [6, 6.07) is 12.5. The van der Waals surface area contributed by atoms with Gasteiger partial charge in [-0.05, 0) is 43.9 Å². The number of halogens is 1. The number of hydrogen-bond donors (Lipinski definition) is 2. The second-order valence-corrected chi connectivity index (χ2v) is 5.66. The number of benzene rings is 1. The first kappa shape index (κ1) is 17.9. The highest BCUT2D eigenvalue weighted by molar-refractivity contribution is 5.79. The summed E-state index contributed by atoms with van der Waals surface area (Å²) in [7, 11) is 5.67. The van der Waals surface area contributed by atoms with Crippen LogP contribution in [0.15, 0.2) is 53.7 Å². The van der Waals surface area contributed by atoms with Crippen LogP contribution in [0.5, 0.6) is 0 Å². The SMILES string of the molecule is CN=C(NCc1ccccn1)NCC(c1cccc(F)c1)N(C)C. The van der Waals surface area contributed by atoms with Crippen LogP contribution in [0, 0.1) is 5.82 Å². The van der Waals surface area contributed by atoms with Crippen molar-refractivity contribution in [3.8, 4) is 0 Å². The van der Waals surface area contributed by atoms with Crippen LogP contribution in [0.3, 0.4) is 0 Å². The van der Waals surface area contributed by atoms with Gasteiger partial charge in [0.15, 0.2) is 5.96 Å². The van der Waals surface area contributed by atoms with Crippen LogP contribution in [-0.4, -0.2) is 43.5 Å². The summed E-state index contributed by atoms with van der Waals surface area (Å²) in [6.45, 7) is 1.20. The van der Waals surface area contributed by atoms with Gasteiger partial charge in [0.25, 0.3) is 0 Å². The Morgan fingerprint density at radius 2 is 2.04 bits per heavy atom. The molecule has 2 aromatic rings. The van der Waals surface area contributed by atoms with Crippen molar-refractivity contribution in [2.24, 2.45) is 4.99 Å².